The predicted molar refractivity (Wildman–Crippen MR) is 70.1 cm³/mol. The van der Waals surface area contributed by atoms with Crippen molar-refractivity contribution in [3.8, 4) is 0 Å². The maximum Gasteiger partial charge on any atom is 0.150 e. The molecule has 0 radical (unpaired) electrons. The van der Waals surface area contributed by atoms with E-state index in [0.29, 0.717) is 6.04 Å². The zero-order chi connectivity index (χ0) is 12.2. The molecule has 1 aliphatic heterocycles. The first kappa shape index (κ1) is 12.2. The van der Waals surface area contributed by atoms with E-state index in [-0.39, 0.29) is 0 Å². The minimum absolute atomic E-state index is 0.682. The lowest BCUT2D eigenvalue weighted by Crippen LogP contribution is -2.53. The molecule has 0 bridgehead atoms. The van der Waals surface area contributed by atoms with Crippen molar-refractivity contribution in [3.63, 3.8) is 0 Å². The highest BCUT2D eigenvalue weighted by Crippen LogP contribution is 2.27. The minimum atomic E-state index is 0.682. The van der Waals surface area contributed by atoms with E-state index >= 15 is 0 Å². The molecule has 1 saturated heterocycles. The van der Waals surface area contributed by atoms with E-state index in [1.807, 2.05) is 6.07 Å². The average Bonchev–Trinajstić information content (AvgIpc) is 2.93. The van der Waals surface area contributed by atoms with Crippen LogP contribution < -0.4 is 5.32 Å². The van der Waals surface area contributed by atoms with Crippen molar-refractivity contribution >= 4 is 0 Å². The Bertz CT molecular complexity index is 346. The van der Waals surface area contributed by atoms with Crippen LogP contribution in [0.5, 0.6) is 0 Å². The molecule has 3 rings (SSSR count). The van der Waals surface area contributed by atoms with Crippen molar-refractivity contribution in [2.24, 2.45) is 5.92 Å². The molecular formula is C14H23N3O. The first-order chi connectivity index (χ1) is 8.92. The second-order valence-electron chi connectivity index (χ2n) is 5.67. The third kappa shape index (κ3) is 2.93. The Labute approximate surface area is 109 Å². The Kier molecular flexibility index (Phi) is 3.96. The zero-order valence-electron chi connectivity index (χ0n) is 11.0. The van der Waals surface area contributed by atoms with E-state index in [4.69, 9.17) is 4.52 Å². The fourth-order valence-electron chi connectivity index (χ4n) is 3.38. The Hall–Kier alpha value is -0.870. The monoisotopic (exact) mass is 249 g/mol. The molecule has 1 atom stereocenters. The SMILES string of the molecule is c1cc(CN2CCNC(C3CCCCC3)C2)on1. The summed E-state index contributed by atoms with van der Waals surface area (Å²) in [7, 11) is 0. The Morgan fingerprint density at radius 1 is 1.33 bits per heavy atom. The summed E-state index contributed by atoms with van der Waals surface area (Å²) in [5, 5.41) is 7.49. The third-order valence-electron chi connectivity index (χ3n) is 4.38. The van der Waals surface area contributed by atoms with E-state index in [1.165, 1.54) is 32.1 Å². The molecule has 18 heavy (non-hydrogen) atoms. The number of nitrogens with zero attached hydrogens (tertiary/aromatic N) is 2. The quantitative estimate of drug-likeness (QED) is 0.890. The normalized spacial score (nSPS) is 27.4. The van der Waals surface area contributed by atoms with Crippen LogP contribution in [0.25, 0.3) is 0 Å². The van der Waals surface area contributed by atoms with E-state index in [0.717, 1.165) is 37.9 Å². The summed E-state index contributed by atoms with van der Waals surface area (Å²) in [5.41, 5.74) is 0. The van der Waals surface area contributed by atoms with Gasteiger partial charge in [0.1, 0.15) is 0 Å². The van der Waals surface area contributed by atoms with Gasteiger partial charge in [0.25, 0.3) is 0 Å². The lowest BCUT2D eigenvalue weighted by molar-refractivity contribution is 0.131. The first-order valence-electron chi connectivity index (χ1n) is 7.27. The highest BCUT2D eigenvalue weighted by Gasteiger charge is 2.28. The first-order valence-corrected chi connectivity index (χ1v) is 7.27. The van der Waals surface area contributed by atoms with Crippen LogP contribution in [0.15, 0.2) is 16.8 Å². The average molecular weight is 249 g/mol. The lowest BCUT2D eigenvalue weighted by Gasteiger charge is -2.38. The molecule has 1 aliphatic carbocycles. The third-order valence-corrected chi connectivity index (χ3v) is 4.38. The highest BCUT2D eigenvalue weighted by molar-refractivity contribution is 4.94. The molecule has 0 amide bonds. The summed E-state index contributed by atoms with van der Waals surface area (Å²) in [5.74, 6) is 1.87. The maximum absolute atomic E-state index is 5.20. The number of piperazine rings is 1. The maximum atomic E-state index is 5.20. The zero-order valence-corrected chi connectivity index (χ0v) is 11.0. The van der Waals surface area contributed by atoms with Crippen LogP contribution in [-0.2, 0) is 6.54 Å². The van der Waals surface area contributed by atoms with Crippen molar-refractivity contribution in [2.75, 3.05) is 19.6 Å². The van der Waals surface area contributed by atoms with Gasteiger partial charge in [0, 0.05) is 31.7 Å². The van der Waals surface area contributed by atoms with E-state index in [9.17, 15) is 0 Å². The molecule has 1 N–H and O–H groups in total. The van der Waals surface area contributed by atoms with Crippen molar-refractivity contribution in [2.45, 2.75) is 44.7 Å². The summed E-state index contributed by atoms with van der Waals surface area (Å²) >= 11 is 0. The van der Waals surface area contributed by atoms with Gasteiger partial charge in [-0.15, -0.1) is 0 Å². The highest BCUT2D eigenvalue weighted by atomic mass is 16.5. The molecule has 4 nitrogen and oxygen atoms in total. The van der Waals surface area contributed by atoms with Gasteiger partial charge in [-0.25, -0.2) is 0 Å². The molecule has 0 aromatic carbocycles. The van der Waals surface area contributed by atoms with Crippen LogP contribution >= 0.6 is 0 Å². The van der Waals surface area contributed by atoms with Gasteiger partial charge in [-0.1, -0.05) is 24.4 Å². The van der Waals surface area contributed by atoms with Gasteiger partial charge in [-0.3, -0.25) is 4.90 Å². The molecular weight excluding hydrogens is 226 g/mol. The molecule has 2 heterocycles. The summed E-state index contributed by atoms with van der Waals surface area (Å²) in [6.07, 6.45) is 8.83. The van der Waals surface area contributed by atoms with Crippen molar-refractivity contribution in [1.29, 1.82) is 0 Å². The summed E-state index contributed by atoms with van der Waals surface area (Å²) in [6.45, 7) is 4.29. The molecule has 4 heteroatoms. The van der Waals surface area contributed by atoms with Crippen LogP contribution in [0.2, 0.25) is 0 Å². The second kappa shape index (κ2) is 5.85. The van der Waals surface area contributed by atoms with Crippen LogP contribution in [0.4, 0.5) is 0 Å². The molecule has 1 unspecified atom stereocenters. The number of aromatic nitrogens is 1. The molecule has 2 aliphatic rings. The summed E-state index contributed by atoms with van der Waals surface area (Å²) in [6, 6.07) is 2.65. The van der Waals surface area contributed by atoms with Gasteiger partial charge in [0.2, 0.25) is 0 Å². The number of hydrogen-bond donors (Lipinski definition) is 1. The second-order valence-corrected chi connectivity index (χ2v) is 5.67. The lowest BCUT2D eigenvalue weighted by atomic mass is 9.83. The minimum Gasteiger partial charge on any atom is -0.360 e. The van der Waals surface area contributed by atoms with Crippen LogP contribution in [0.1, 0.15) is 37.9 Å². The molecule has 1 aromatic rings. The largest absolute Gasteiger partial charge is 0.360 e. The number of rotatable bonds is 3. The van der Waals surface area contributed by atoms with Gasteiger partial charge < -0.3 is 9.84 Å². The Morgan fingerprint density at radius 3 is 3.00 bits per heavy atom. The van der Waals surface area contributed by atoms with Crippen molar-refractivity contribution in [3.05, 3.63) is 18.0 Å². The summed E-state index contributed by atoms with van der Waals surface area (Å²) < 4.78 is 5.20. The molecule has 1 aromatic heterocycles. The Balaban J connectivity index is 1.54. The topological polar surface area (TPSA) is 41.3 Å². The molecule has 100 valence electrons. The van der Waals surface area contributed by atoms with Crippen molar-refractivity contribution < 1.29 is 4.52 Å². The van der Waals surface area contributed by atoms with E-state index in [1.54, 1.807) is 6.20 Å². The molecule has 2 fully saturated rings. The van der Waals surface area contributed by atoms with Crippen molar-refractivity contribution in [1.82, 2.24) is 15.4 Å². The van der Waals surface area contributed by atoms with Gasteiger partial charge in [0.15, 0.2) is 5.76 Å². The van der Waals surface area contributed by atoms with Crippen LogP contribution in [-0.4, -0.2) is 35.7 Å². The number of hydrogen-bond acceptors (Lipinski definition) is 4. The van der Waals surface area contributed by atoms with Gasteiger partial charge in [-0.2, -0.15) is 0 Å². The predicted octanol–water partition coefficient (Wildman–Crippen LogP) is 2.03. The van der Waals surface area contributed by atoms with Gasteiger partial charge in [-0.05, 0) is 18.8 Å². The molecule has 1 saturated carbocycles. The van der Waals surface area contributed by atoms with Gasteiger partial charge in [0.05, 0.1) is 12.7 Å². The fourth-order valence-corrected chi connectivity index (χ4v) is 3.38. The molecule has 0 spiro atoms. The standard InChI is InChI=1S/C14H23N3O/c1-2-4-12(5-3-1)14-11-17(9-8-15-14)10-13-6-7-16-18-13/h6-7,12,14-15H,1-5,8-11H2. The van der Waals surface area contributed by atoms with Crippen LogP contribution in [0, 0.1) is 5.92 Å². The fraction of sp³-hybridized carbons (Fsp3) is 0.786. The summed E-state index contributed by atoms with van der Waals surface area (Å²) in [4.78, 5) is 2.50. The van der Waals surface area contributed by atoms with E-state index < -0.39 is 0 Å². The van der Waals surface area contributed by atoms with Crippen LogP contribution in [0.3, 0.4) is 0 Å². The Morgan fingerprint density at radius 2 is 2.22 bits per heavy atom. The smallest absolute Gasteiger partial charge is 0.150 e. The number of nitrogens with one attached hydrogen (secondary N) is 1. The van der Waals surface area contributed by atoms with Gasteiger partial charge >= 0.3 is 0 Å². The van der Waals surface area contributed by atoms with E-state index in [2.05, 4.69) is 15.4 Å².